The lowest BCUT2D eigenvalue weighted by Crippen LogP contribution is -2.46. The van der Waals surface area contributed by atoms with E-state index < -0.39 is 0 Å². The molecule has 2 aliphatic heterocycles. The molecule has 0 aromatic heterocycles. The number of piperidine rings is 1. The topological polar surface area (TPSA) is 47.6 Å². The van der Waals surface area contributed by atoms with Gasteiger partial charge < -0.3 is 14.8 Å². The molecule has 0 aromatic carbocycles. The summed E-state index contributed by atoms with van der Waals surface area (Å²) in [6.45, 7) is 6.02. The van der Waals surface area contributed by atoms with Crippen LogP contribution in [0.15, 0.2) is 0 Å². The van der Waals surface area contributed by atoms with Crippen LogP contribution in [0.5, 0.6) is 0 Å². The zero-order chi connectivity index (χ0) is 12.8. The zero-order valence-electron chi connectivity index (χ0n) is 11.4. The van der Waals surface area contributed by atoms with Crippen molar-refractivity contribution in [2.45, 2.75) is 39.0 Å². The molecule has 0 radical (unpaired) electrons. The van der Waals surface area contributed by atoms with Gasteiger partial charge in [-0.2, -0.15) is 0 Å². The monoisotopic (exact) mass is 255 g/mol. The number of carbonyl (C=O) groups excluding carboxylic acids is 1. The fourth-order valence-corrected chi connectivity index (χ4v) is 3.00. The Kier molecular flexibility index (Phi) is 5.01. The van der Waals surface area contributed by atoms with Gasteiger partial charge in [0.15, 0.2) is 0 Å². The molecular weight excluding hydrogens is 230 g/mol. The summed E-state index contributed by atoms with van der Waals surface area (Å²) in [7, 11) is 0. The van der Waals surface area contributed by atoms with Crippen molar-refractivity contribution in [3.8, 4) is 0 Å². The van der Waals surface area contributed by atoms with E-state index in [1.54, 1.807) is 0 Å². The third-order valence-electron chi connectivity index (χ3n) is 4.11. The fourth-order valence-electron chi connectivity index (χ4n) is 3.00. The first-order valence-corrected chi connectivity index (χ1v) is 7.22. The van der Waals surface area contributed by atoms with Gasteiger partial charge in [0.1, 0.15) is 0 Å². The average molecular weight is 255 g/mol. The minimum atomic E-state index is -0.271. The Balaban J connectivity index is 1.86. The second kappa shape index (κ2) is 6.53. The molecular formula is C14H25NO3. The second-order valence-electron chi connectivity index (χ2n) is 5.64. The highest BCUT2D eigenvalue weighted by atomic mass is 16.5. The summed E-state index contributed by atoms with van der Waals surface area (Å²) in [6, 6.07) is 0. The molecule has 2 heterocycles. The van der Waals surface area contributed by atoms with Gasteiger partial charge in [-0.15, -0.1) is 0 Å². The standard InChI is InChI=1S/C14H25NO3/c1-2-5-14(6-3-7-15-11-14)13(16)18-10-12-4-8-17-9-12/h12,15H,2-11H2,1H3. The van der Waals surface area contributed by atoms with Crippen LogP contribution in [0, 0.1) is 11.3 Å². The number of hydrogen-bond acceptors (Lipinski definition) is 4. The number of esters is 1. The van der Waals surface area contributed by atoms with E-state index in [-0.39, 0.29) is 11.4 Å². The molecule has 4 heteroatoms. The van der Waals surface area contributed by atoms with Crippen LogP contribution in [0.3, 0.4) is 0 Å². The smallest absolute Gasteiger partial charge is 0.313 e. The molecule has 2 aliphatic rings. The van der Waals surface area contributed by atoms with Crippen molar-refractivity contribution in [2.24, 2.45) is 11.3 Å². The number of nitrogens with one attached hydrogen (secondary N) is 1. The van der Waals surface area contributed by atoms with E-state index in [1.807, 2.05) is 0 Å². The van der Waals surface area contributed by atoms with Crippen LogP contribution in [-0.2, 0) is 14.3 Å². The molecule has 2 unspecified atom stereocenters. The van der Waals surface area contributed by atoms with E-state index in [0.29, 0.717) is 12.5 Å². The van der Waals surface area contributed by atoms with Crippen molar-refractivity contribution in [1.29, 1.82) is 0 Å². The van der Waals surface area contributed by atoms with Crippen molar-refractivity contribution >= 4 is 5.97 Å². The number of hydrogen-bond donors (Lipinski definition) is 1. The van der Waals surface area contributed by atoms with Crippen LogP contribution in [0.2, 0.25) is 0 Å². The van der Waals surface area contributed by atoms with E-state index >= 15 is 0 Å². The lowest BCUT2D eigenvalue weighted by Gasteiger charge is -2.35. The van der Waals surface area contributed by atoms with Crippen LogP contribution < -0.4 is 5.32 Å². The average Bonchev–Trinajstić information content (AvgIpc) is 2.90. The summed E-state index contributed by atoms with van der Waals surface area (Å²) in [5, 5.41) is 3.34. The van der Waals surface area contributed by atoms with Gasteiger partial charge in [-0.05, 0) is 32.2 Å². The summed E-state index contributed by atoms with van der Waals surface area (Å²) in [5.41, 5.74) is -0.271. The minimum absolute atomic E-state index is 0.00319. The number of ether oxygens (including phenoxy) is 2. The number of rotatable bonds is 5. The van der Waals surface area contributed by atoms with Gasteiger partial charge in [-0.1, -0.05) is 13.3 Å². The second-order valence-corrected chi connectivity index (χ2v) is 5.64. The molecule has 0 aliphatic carbocycles. The normalized spacial score (nSPS) is 32.4. The van der Waals surface area contributed by atoms with Crippen molar-refractivity contribution in [3.05, 3.63) is 0 Å². The van der Waals surface area contributed by atoms with Gasteiger partial charge in [0.05, 0.1) is 18.6 Å². The third kappa shape index (κ3) is 3.23. The van der Waals surface area contributed by atoms with E-state index in [0.717, 1.165) is 58.4 Å². The minimum Gasteiger partial charge on any atom is -0.465 e. The molecule has 2 fully saturated rings. The first-order chi connectivity index (χ1) is 8.77. The molecule has 0 amide bonds. The summed E-state index contributed by atoms with van der Waals surface area (Å²) in [6.07, 6.45) is 5.02. The van der Waals surface area contributed by atoms with Crippen LogP contribution in [0.1, 0.15) is 39.0 Å². The number of carbonyl (C=O) groups is 1. The Morgan fingerprint density at radius 2 is 2.44 bits per heavy atom. The van der Waals surface area contributed by atoms with Crippen LogP contribution in [0.4, 0.5) is 0 Å². The van der Waals surface area contributed by atoms with E-state index in [2.05, 4.69) is 12.2 Å². The van der Waals surface area contributed by atoms with E-state index in [9.17, 15) is 4.79 Å². The predicted octanol–water partition coefficient (Wildman–Crippen LogP) is 1.74. The van der Waals surface area contributed by atoms with Crippen molar-refractivity contribution in [1.82, 2.24) is 5.32 Å². The Bertz CT molecular complexity index is 263. The van der Waals surface area contributed by atoms with Crippen LogP contribution in [0.25, 0.3) is 0 Å². The molecule has 2 atom stereocenters. The molecule has 1 N–H and O–H groups in total. The maximum Gasteiger partial charge on any atom is 0.313 e. The summed E-state index contributed by atoms with van der Waals surface area (Å²) >= 11 is 0. The Hall–Kier alpha value is -0.610. The Morgan fingerprint density at radius 3 is 3.06 bits per heavy atom. The van der Waals surface area contributed by atoms with Gasteiger partial charge in [0.2, 0.25) is 0 Å². The van der Waals surface area contributed by atoms with Gasteiger partial charge in [-0.25, -0.2) is 0 Å². The largest absolute Gasteiger partial charge is 0.465 e. The maximum absolute atomic E-state index is 12.4. The highest BCUT2D eigenvalue weighted by Crippen LogP contribution is 2.33. The van der Waals surface area contributed by atoms with E-state index in [4.69, 9.17) is 9.47 Å². The van der Waals surface area contributed by atoms with E-state index in [1.165, 1.54) is 0 Å². The van der Waals surface area contributed by atoms with Crippen LogP contribution in [-0.4, -0.2) is 38.9 Å². The first-order valence-electron chi connectivity index (χ1n) is 7.22. The maximum atomic E-state index is 12.4. The molecule has 2 saturated heterocycles. The Morgan fingerprint density at radius 1 is 1.56 bits per heavy atom. The Labute approximate surface area is 109 Å². The molecule has 0 saturated carbocycles. The zero-order valence-corrected chi connectivity index (χ0v) is 11.4. The van der Waals surface area contributed by atoms with Gasteiger partial charge in [-0.3, -0.25) is 4.79 Å². The van der Waals surface area contributed by atoms with Crippen molar-refractivity contribution in [3.63, 3.8) is 0 Å². The highest BCUT2D eigenvalue weighted by Gasteiger charge is 2.40. The summed E-state index contributed by atoms with van der Waals surface area (Å²) in [4.78, 5) is 12.4. The third-order valence-corrected chi connectivity index (χ3v) is 4.11. The van der Waals surface area contributed by atoms with Crippen molar-refractivity contribution < 1.29 is 14.3 Å². The highest BCUT2D eigenvalue weighted by molar-refractivity contribution is 5.77. The molecule has 4 nitrogen and oxygen atoms in total. The molecule has 0 spiro atoms. The molecule has 18 heavy (non-hydrogen) atoms. The van der Waals surface area contributed by atoms with Gasteiger partial charge >= 0.3 is 5.97 Å². The van der Waals surface area contributed by atoms with Gasteiger partial charge in [0.25, 0.3) is 0 Å². The molecule has 104 valence electrons. The quantitative estimate of drug-likeness (QED) is 0.760. The first kappa shape index (κ1) is 13.8. The summed E-state index contributed by atoms with van der Waals surface area (Å²) < 4.78 is 10.9. The molecule has 0 bridgehead atoms. The molecule has 0 aromatic rings. The molecule has 2 rings (SSSR count). The van der Waals surface area contributed by atoms with Gasteiger partial charge in [0, 0.05) is 19.1 Å². The lowest BCUT2D eigenvalue weighted by atomic mass is 9.77. The SMILES string of the molecule is CCCC1(C(=O)OCC2CCOC2)CCCNC1. The predicted molar refractivity (Wildman–Crippen MR) is 69.3 cm³/mol. The van der Waals surface area contributed by atoms with Crippen molar-refractivity contribution in [2.75, 3.05) is 32.9 Å². The van der Waals surface area contributed by atoms with Crippen LogP contribution >= 0.6 is 0 Å². The lowest BCUT2D eigenvalue weighted by molar-refractivity contribution is -0.159. The fraction of sp³-hybridized carbons (Fsp3) is 0.929. The summed E-state index contributed by atoms with van der Waals surface area (Å²) in [5.74, 6) is 0.410.